The van der Waals surface area contributed by atoms with Gasteiger partial charge in [0.2, 0.25) is 0 Å². The molecule has 1 heterocycles. The number of nitrogens with zero attached hydrogens (tertiary/aromatic N) is 1. The summed E-state index contributed by atoms with van der Waals surface area (Å²) in [7, 11) is 1.60. The molecule has 0 saturated carbocycles. The molecule has 1 aliphatic heterocycles. The first kappa shape index (κ1) is 16.8. The van der Waals surface area contributed by atoms with Crippen LogP contribution >= 0.6 is 24.0 Å². The highest BCUT2D eigenvalue weighted by Gasteiger charge is 2.30. The van der Waals surface area contributed by atoms with Crippen molar-refractivity contribution in [2.45, 2.75) is 26.9 Å². The predicted octanol–water partition coefficient (Wildman–Crippen LogP) is 3.70. The van der Waals surface area contributed by atoms with Crippen molar-refractivity contribution in [2.75, 3.05) is 13.7 Å². The van der Waals surface area contributed by atoms with Crippen LogP contribution < -0.4 is 9.47 Å². The zero-order valence-electron chi connectivity index (χ0n) is 13.1. The smallest absolute Gasteiger partial charge is 0.266 e. The van der Waals surface area contributed by atoms with Gasteiger partial charge in [-0.25, -0.2) is 0 Å². The third kappa shape index (κ3) is 3.62. The van der Waals surface area contributed by atoms with Crippen molar-refractivity contribution in [2.24, 2.45) is 0 Å². The molecule has 0 aliphatic carbocycles. The number of thioether (sulfide) groups is 1. The van der Waals surface area contributed by atoms with E-state index in [1.165, 1.54) is 11.8 Å². The Morgan fingerprint density at radius 2 is 2.09 bits per heavy atom. The van der Waals surface area contributed by atoms with E-state index in [-0.39, 0.29) is 12.0 Å². The number of carbonyl (C=O) groups is 1. The summed E-state index contributed by atoms with van der Waals surface area (Å²) >= 11 is 6.54. The van der Waals surface area contributed by atoms with Crippen LogP contribution in [-0.2, 0) is 4.79 Å². The van der Waals surface area contributed by atoms with Gasteiger partial charge in [-0.1, -0.05) is 30.0 Å². The number of thiocarbonyl (C=S) groups is 1. The van der Waals surface area contributed by atoms with Gasteiger partial charge in [-0.2, -0.15) is 0 Å². The monoisotopic (exact) mass is 337 g/mol. The molecule has 22 heavy (non-hydrogen) atoms. The van der Waals surface area contributed by atoms with Gasteiger partial charge in [-0.3, -0.25) is 9.69 Å². The van der Waals surface area contributed by atoms with Crippen LogP contribution in [0.3, 0.4) is 0 Å². The molecule has 0 unspecified atom stereocenters. The number of hydrogen-bond acceptors (Lipinski definition) is 5. The van der Waals surface area contributed by atoms with E-state index in [2.05, 4.69) is 0 Å². The van der Waals surface area contributed by atoms with Gasteiger partial charge in [0, 0.05) is 6.54 Å². The van der Waals surface area contributed by atoms with Crippen LogP contribution in [0.2, 0.25) is 0 Å². The number of methoxy groups -OCH3 is 1. The molecule has 2 rings (SSSR count). The summed E-state index contributed by atoms with van der Waals surface area (Å²) in [4.78, 5) is 14.4. The third-order valence-corrected chi connectivity index (χ3v) is 4.42. The summed E-state index contributed by atoms with van der Waals surface area (Å²) < 4.78 is 11.6. The molecule has 0 bridgehead atoms. The molecule has 1 aromatic rings. The summed E-state index contributed by atoms with van der Waals surface area (Å²) in [6.45, 7) is 6.42. The Morgan fingerprint density at radius 1 is 1.36 bits per heavy atom. The molecule has 1 fully saturated rings. The van der Waals surface area contributed by atoms with Gasteiger partial charge in [-0.05, 0) is 44.5 Å². The summed E-state index contributed by atoms with van der Waals surface area (Å²) in [6.07, 6.45) is 1.90. The van der Waals surface area contributed by atoms with Gasteiger partial charge < -0.3 is 9.47 Å². The lowest BCUT2D eigenvalue weighted by Crippen LogP contribution is -2.27. The summed E-state index contributed by atoms with van der Waals surface area (Å²) in [5, 5.41) is 0. The third-order valence-electron chi connectivity index (χ3n) is 3.04. The number of amides is 1. The molecule has 0 radical (unpaired) electrons. The van der Waals surface area contributed by atoms with E-state index in [9.17, 15) is 4.79 Å². The Hall–Kier alpha value is -1.53. The minimum absolute atomic E-state index is 0.0426. The van der Waals surface area contributed by atoms with Crippen molar-refractivity contribution < 1.29 is 14.3 Å². The highest BCUT2D eigenvalue weighted by molar-refractivity contribution is 8.26. The van der Waals surface area contributed by atoms with Crippen LogP contribution in [0.4, 0.5) is 0 Å². The first-order valence-electron chi connectivity index (χ1n) is 7.06. The first-order valence-corrected chi connectivity index (χ1v) is 8.28. The Morgan fingerprint density at radius 3 is 2.64 bits per heavy atom. The van der Waals surface area contributed by atoms with Crippen LogP contribution in [0.15, 0.2) is 23.1 Å². The molecule has 4 nitrogen and oxygen atoms in total. The van der Waals surface area contributed by atoms with Crippen LogP contribution in [0.5, 0.6) is 11.5 Å². The molecule has 1 aliphatic rings. The number of rotatable bonds is 5. The molecule has 1 aromatic carbocycles. The van der Waals surface area contributed by atoms with E-state index >= 15 is 0 Å². The maximum absolute atomic E-state index is 12.2. The Bertz CT molecular complexity index is 626. The lowest BCUT2D eigenvalue weighted by molar-refractivity contribution is -0.121. The normalized spacial score (nSPS) is 16.8. The minimum Gasteiger partial charge on any atom is -0.493 e. The lowest BCUT2D eigenvalue weighted by atomic mass is 10.2. The van der Waals surface area contributed by atoms with Gasteiger partial charge in [0.1, 0.15) is 4.32 Å². The zero-order chi connectivity index (χ0) is 16.3. The van der Waals surface area contributed by atoms with Gasteiger partial charge in [0.05, 0.1) is 18.1 Å². The number of ether oxygens (including phenoxy) is 2. The van der Waals surface area contributed by atoms with E-state index in [1.807, 2.05) is 45.0 Å². The average Bonchev–Trinajstić information content (AvgIpc) is 2.74. The first-order chi connectivity index (χ1) is 10.5. The van der Waals surface area contributed by atoms with Crippen LogP contribution in [-0.4, -0.2) is 34.9 Å². The molecule has 1 amide bonds. The number of likely N-dealkylation sites (N-methyl/N-ethyl adjacent to an activating group) is 1. The van der Waals surface area contributed by atoms with Crippen molar-refractivity contribution in [3.8, 4) is 11.5 Å². The highest BCUT2D eigenvalue weighted by atomic mass is 32.2. The number of hydrogen-bond donors (Lipinski definition) is 0. The van der Waals surface area contributed by atoms with Crippen LogP contribution in [0, 0.1) is 0 Å². The number of benzene rings is 1. The SMILES string of the molecule is CCN1C(=O)/C(=C\c2ccc(OC(C)C)c(OC)c2)SC1=S. The van der Waals surface area contributed by atoms with E-state index in [4.69, 9.17) is 21.7 Å². The summed E-state index contributed by atoms with van der Waals surface area (Å²) in [5.41, 5.74) is 0.879. The fourth-order valence-electron chi connectivity index (χ4n) is 2.05. The minimum atomic E-state index is -0.0426. The standard InChI is InChI=1S/C16H19NO3S2/c1-5-17-15(18)14(22-16(17)21)9-11-6-7-12(20-10(2)3)13(8-11)19-4/h6-10H,5H2,1-4H3/b14-9+. The summed E-state index contributed by atoms with van der Waals surface area (Å²) in [6, 6.07) is 5.61. The van der Waals surface area contributed by atoms with E-state index in [1.54, 1.807) is 12.0 Å². The van der Waals surface area contributed by atoms with Crippen molar-refractivity contribution in [1.29, 1.82) is 0 Å². The summed E-state index contributed by atoms with van der Waals surface area (Å²) in [5.74, 6) is 1.29. The predicted molar refractivity (Wildman–Crippen MR) is 94.3 cm³/mol. The quantitative estimate of drug-likeness (QED) is 0.605. The van der Waals surface area contributed by atoms with Gasteiger partial charge >= 0.3 is 0 Å². The van der Waals surface area contributed by atoms with Crippen molar-refractivity contribution in [3.63, 3.8) is 0 Å². The van der Waals surface area contributed by atoms with Gasteiger partial charge in [0.25, 0.3) is 5.91 Å². The fraction of sp³-hybridized carbons (Fsp3) is 0.375. The van der Waals surface area contributed by atoms with Crippen molar-refractivity contribution >= 4 is 40.3 Å². The molecule has 118 valence electrons. The Kier molecular flexibility index (Phi) is 5.47. The van der Waals surface area contributed by atoms with Crippen LogP contribution in [0.25, 0.3) is 6.08 Å². The average molecular weight is 337 g/mol. The van der Waals surface area contributed by atoms with E-state index < -0.39 is 0 Å². The second-order valence-corrected chi connectivity index (χ2v) is 6.68. The van der Waals surface area contributed by atoms with E-state index in [0.29, 0.717) is 27.3 Å². The zero-order valence-corrected chi connectivity index (χ0v) is 14.7. The molecule has 0 spiro atoms. The molecular weight excluding hydrogens is 318 g/mol. The van der Waals surface area contributed by atoms with Gasteiger partial charge in [-0.15, -0.1) is 0 Å². The van der Waals surface area contributed by atoms with E-state index in [0.717, 1.165) is 5.56 Å². The van der Waals surface area contributed by atoms with Gasteiger partial charge in [0.15, 0.2) is 11.5 Å². The maximum atomic E-state index is 12.2. The Labute approximate surface area is 140 Å². The molecular formula is C16H19NO3S2. The molecule has 0 N–H and O–H groups in total. The Balaban J connectivity index is 2.29. The molecule has 6 heteroatoms. The highest BCUT2D eigenvalue weighted by Crippen LogP contribution is 2.34. The van der Waals surface area contributed by atoms with Crippen molar-refractivity contribution in [3.05, 3.63) is 28.7 Å². The molecule has 0 aromatic heterocycles. The molecule has 1 saturated heterocycles. The van der Waals surface area contributed by atoms with Crippen molar-refractivity contribution in [1.82, 2.24) is 4.90 Å². The second kappa shape index (κ2) is 7.15. The molecule has 0 atom stereocenters. The topological polar surface area (TPSA) is 38.8 Å². The van der Waals surface area contributed by atoms with Crippen LogP contribution in [0.1, 0.15) is 26.3 Å². The fourth-order valence-corrected chi connectivity index (χ4v) is 3.43. The largest absolute Gasteiger partial charge is 0.493 e. The number of carbonyl (C=O) groups excluding carboxylic acids is 1. The second-order valence-electron chi connectivity index (χ2n) is 5.00. The lowest BCUT2D eigenvalue weighted by Gasteiger charge is -2.14. The maximum Gasteiger partial charge on any atom is 0.266 e.